The summed E-state index contributed by atoms with van der Waals surface area (Å²) >= 11 is 0. The molecular weight excluding hydrogens is 366 g/mol. The van der Waals surface area contributed by atoms with E-state index in [4.69, 9.17) is 4.74 Å². The molecule has 3 rings (SSSR count). The number of nitrogens with one attached hydrogen (secondary N) is 2. The van der Waals surface area contributed by atoms with Gasteiger partial charge in [0.2, 0.25) is 0 Å². The predicted octanol–water partition coefficient (Wildman–Crippen LogP) is 3.85. The minimum atomic E-state index is -0.169. The largest absolute Gasteiger partial charge is 0.497 e. The van der Waals surface area contributed by atoms with Gasteiger partial charge in [-0.3, -0.25) is 4.79 Å². The van der Waals surface area contributed by atoms with E-state index in [-0.39, 0.29) is 11.9 Å². The van der Waals surface area contributed by atoms with Crippen LogP contribution in [0.1, 0.15) is 43.6 Å². The SMILES string of the molecule is CCn1ncc2c(N[C@@H](C)C(C)C)c(C(=O)NCc3ccc(OC)cc3)cnc21. The second kappa shape index (κ2) is 8.94. The number of hydrogen-bond donors (Lipinski definition) is 2. The number of hydrogen-bond acceptors (Lipinski definition) is 5. The van der Waals surface area contributed by atoms with E-state index in [1.165, 1.54) is 0 Å². The van der Waals surface area contributed by atoms with Gasteiger partial charge in [0.05, 0.1) is 29.9 Å². The van der Waals surface area contributed by atoms with Crippen LogP contribution in [0.4, 0.5) is 5.69 Å². The first-order valence-corrected chi connectivity index (χ1v) is 9.96. The predicted molar refractivity (Wildman–Crippen MR) is 115 cm³/mol. The van der Waals surface area contributed by atoms with E-state index in [9.17, 15) is 4.79 Å². The van der Waals surface area contributed by atoms with Gasteiger partial charge >= 0.3 is 0 Å². The van der Waals surface area contributed by atoms with Crippen LogP contribution < -0.4 is 15.4 Å². The van der Waals surface area contributed by atoms with E-state index in [0.717, 1.165) is 34.6 Å². The van der Waals surface area contributed by atoms with E-state index in [1.807, 2.05) is 35.9 Å². The molecule has 0 aliphatic heterocycles. The molecule has 0 saturated carbocycles. The van der Waals surface area contributed by atoms with Crippen molar-refractivity contribution >= 4 is 22.6 Å². The number of rotatable bonds is 8. The number of methoxy groups -OCH3 is 1. The highest BCUT2D eigenvalue weighted by Gasteiger charge is 2.20. The Labute approximate surface area is 171 Å². The van der Waals surface area contributed by atoms with Crippen molar-refractivity contribution in [3.8, 4) is 5.75 Å². The van der Waals surface area contributed by atoms with Gasteiger partial charge in [-0.25, -0.2) is 9.67 Å². The maximum atomic E-state index is 13.0. The zero-order valence-electron chi connectivity index (χ0n) is 17.7. The van der Waals surface area contributed by atoms with Crippen LogP contribution >= 0.6 is 0 Å². The van der Waals surface area contributed by atoms with Crippen LogP contribution in [0, 0.1) is 5.92 Å². The van der Waals surface area contributed by atoms with E-state index in [0.29, 0.717) is 18.0 Å². The molecule has 0 bridgehead atoms. The van der Waals surface area contributed by atoms with E-state index >= 15 is 0 Å². The smallest absolute Gasteiger partial charge is 0.255 e. The van der Waals surface area contributed by atoms with Crippen molar-refractivity contribution in [2.75, 3.05) is 12.4 Å². The Morgan fingerprint density at radius 2 is 1.90 bits per heavy atom. The van der Waals surface area contributed by atoms with Crippen molar-refractivity contribution in [1.82, 2.24) is 20.1 Å². The Hall–Kier alpha value is -3.09. The second-order valence-corrected chi connectivity index (χ2v) is 7.45. The van der Waals surface area contributed by atoms with Gasteiger partial charge in [0.1, 0.15) is 5.75 Å². The summed E-state index contributed by atoms with van der Waals surface area (Å²) in [4.78, 5) is 17.5. The molecule has 2 N–H and O–H groups in total. The number of amides is 1. The average molecular weight is 396 g/mol. The first kappa shape index (κ1) is 20.6. The third-order valence-electron chi connectivity index (χ3n) is 5.19. The molecule has 0 radical (unpaired) electrons. The Balaban J connectivity index is 1.88. The Morgan fingerprint density at radius 1 is 1.17 bits per heavy atom. The van der Waals surface area contributed by atoms with Crippen LogP contribution in [0.5, 0.6) is 5.75 Å². The summed E-state index contributed by atoms with van der Waals surface area (Å²) in [5.74, 6) is 1.03. The van der Waals surface area contributed by atoms with Gasteiger partial charge in [-0.1, -0.05) is 26.0 Å². The molecule has 0 aliphatic rings. The number of carbonyl (C=O) groups is 1. The summed E-state index contributed by atoms with van der Waals surface area (Å²) in [7, 11) is 1.63. The third-order valence-corrected chi connectivity index (χ3v) is 5.19. The van der Waals surface area contributed by atoms with Crippen LogP contribution in [0.2, 0.25) is 0 Å². The van der Waals surface area contributed by atoms with Gasteiger partial charge in [-0.2, -0.15) is 5.10 Å². The summed E-state index contributed by atoms with van der Waals surface area (Å²) < 4.78 is 7.01. The highest BCUT2D eigenvalue weighted by molar-refractivity contribution is 6.06. The van der Waals surface area contributed by atoms with E-state index in [2.05, 4.69) is 41.5 Å². The Bertz CT molecular complexity index is 979. The van der Waals surface area contributed by atoms with Crippen molar-refractivity contribution in [3.05, 3.63) is 47.8 Å². The lowest BCUT2D eigenvalue weighted by atomic mass is 10.0. The minimum Gasteiger partial charge on any atom is -0.497 e. The number of benzene rings is 1. The van der Waals surface area contributed by atoms with Crippen LogP contribution in [0.15, 0.2) is 36.7 Å². The highest BCUT2D eigenvalue weighted by Crippen LogP contribution is 2.28. The summed E-state index contributed by atoms with van der Waals surface area (Å²) in [5, 5.41) is 11.8. The van der Waals surface area contributed by atoms with Crippen LogP contribution in [0.3, 0.4) is 0 Å². The quantitative estimate of drug-likeness (QED) is 0.606. The summed E-state index contributed by atoms with van der Waals surface area (Å²) in [6.45, 7) is 9.57. The highest BCUT2D eigenvalue weighted by atomic mass is 16.5. The second-order valence-electron chi connectivity index (χ2n) is 7.45. The molecule has 0 spiro atoms. The maximum Gasteiger partial charge on any atom is 0.255 e. The van der Waals surface area contributed by atoms with Crippen molar-refractivity contribution in [3.63, 3.8) is 0 Å². The zero-order valence-corrected chi connectivity index (χ0v) is 17.7. The molecule has 7 nitrogen and oxygen atoms in total. The Morgan fingerprint density at radius 3 is 2.52 bits per heavy atom. The summed E-state index contributed by atoms with van der Waals surface area (Å²) in [6, 6.07) is 7.83. The molecule has 3 aromatic rings. The fraction of sp³-hybridized carbons (Fsp3) is 0.409. The summed E-state index contributed by atoms with van der Waals surface area (Å²) in [6.07, 6.45) is 3.41. The van der Waals surface area contributed by atoms with E-state index < -0.39 is 0 Å². The molecule has 1 aromatic carbocycles. The normalized spacial score (nSPS) is 12.2. The molecule has 154 valence electrons. The lowest BCUT2D eigenvalue weighted by molar-refractivity contribution is 0.0951. The molecule has 0 fully saturated rings. The number of fused-ring (bicyclic) bond motifs is 1. The van der Waals surface area contributed by atoms with Crippen molar-refractivity contribution in [1.29, 1.82) is 0 Å². The number of nitrogens with zero attached hydrogens (tertiary/aromatic N) is 3. The maximum absolute atomic E-state index is 13.0. The van der Waals surface area contributed by atoms with Gasteiger partial charge in [-0.15, -0.1) is 0 Å². The lowest BCUT2D eigenvalue weighted by Gasteiger charge is -2.21. The number of anilines is 1. The number of aryl methyl sites for hydroxylation is 1. The van der Waals surface area contributed by atoms with Crippen molar-refractivity contribution < 1.29 is 9.53 Å². The molecule has 1 amide bonds. The number of aromatic nitrogens is 3. The van der Waals surface area contributed by atoms with E-state index in [1.54, 1.807) is 19.5 Å². The zero-order chi connectivity index (χ0) is 21.0. The van der Waals surface area contributed by atoms with Crippen molar-refractivity contribution in [2.45, 2.75) is 46.8 Å². The lowest BCUT2D eigenvalue weighted by Crippen LogP contribution is -2.27. The standard InChI is InChI=1S/C22H29N5O2/c1-6-27-21-18(13-25-27)20(26-15(4)14(2)3)19(12-23-21)22(28)24-11-16-7-9-17(29-5)10-8-16/h7-10,12-15H,6,11H2,1-5H3,(H,23,26)(H,24,28)/t15-/m0/s1. The molecule has 0 aliphatic carbocycles. The van der Waals surface area contributed by atoms with Crippen LogP contribution in [-0.4, -0.2) is 33.8 Å². The van der Waals surface area contributed by atoms with Crippen LogP contribution in [0.25, 0.3) is 11.0 Å². The molecule has 2 heterocycles. The fourth-order valence-corrected chi connectivity index (χ4v) is 3.00. The molecule has 0 unspecified atom stereocenters. The Kier molecular flexibility index (Phi) is 6.36. The molecule has 2 aromatic heterocycles. The average Bonchev–Trinajstić information content (AvgIpc) is 3.16. The number of pyridine rings is 1. The van der Waals surface area contributed by atoms with Gasteiger partial charge in [0.25, 0.3) is 5.91 Å². The van der Waals surface area contributed by atoms with Gasteiger partial charge in [0, 0.05) is 25.3 Å². The number of ether oxygens (including phenoxy) is 1. The van der Waals surface area contributed by atoms with Gasteiger partial charge in [0.15, 0.2) is 5.65 Å². The molecule has 29 heavy (non-hydrogen) atoms. The molecule has 7 heteroatoms. The molecule has 0 saturated heterocycles. The molecular formula is C22H29N5O2. The first-order chi connectivity index (χ1) is 13.9. The minimum absolute atomic E-state index is 0.169. The fourth-order valence-electron chi connectivity index (χ4n) is 3.00. The molecule has 1 atom stereocenters. The third kappa shape index (κ3) is 4.50. The first-order valence-electron chi connectivity index (χ1n) is 9.96. The van der Waals surface area contributed by atoms with Gasteiger partial charge in [-0.05, 0) is 37.5 Å². The number of carbonyl (C=O) groups excluding carboxylic acids is 1. The monoisotopic (exact) mass is 395 g/mol. The van der Waals surface area contributed by atoms with Gasteiger partial charge < -0.3 is 15.4 Å². The summed E-state index contributed by atoms with van der Waals surface area (Å²) in [5.41, 5.74) is 3.08. The van der Waals surface area contributed by atoms with Crippen molar-refractivity contribution in [2.24, 2.45) is 5.92 Å². The van der Waals surface area contributed by atoms with Crippen LogP contribution in [-0.2, 0) is 13.1 Å². The topological polar surface area (TPSA) is 81.1 Å².